The lowest BCUT2D eigenvalue weighted by Gasteiger charge is -2.09. The average molecular weight is 390 g/mol. The van der Waals surface area contributed by atoms with Crippen molar-refractivity contribution in [3.8, 4) is 34.5 Å². The predicted octanol–water partition coefficient (Wildman–Crippen LogP) is 2.82. The van der Waals surface area contributed by atoms with Gasteiger partial charge in [0.05, 0.1) is 17.5 Å². The summed E-state index contributed by atoms with van der Waals surface area (Å²) < 4.78 is 12.2. The van der Waals surface area contributed by atoms with Crippen LogP contribution in [0, 0.1) is 11.3 Å². The van der Waals surface area contributed by atoms with Gasteiger partial charge >= 0.3 is 5.97 Å². The van der Waals surface area contributed by atoms with Gasteiger partial charge in [0, 0.05) is 11.3 Å². The zero-order valence-electron chi connectivity index (χ0n) is 15.0. The number of anilines is 1. The summed E-state index contributed by atoms with van der Waals surface area (Å²) in [5.74, 6) is -0.363. The molecule has 2 heterocycles. The van der Waals surface area contributed by atoms with Gasteiger partial charge in [0.2, 0.25) is 12.7 Å². The van der Waals surface area contributed by atoms with Crippen molar-refractivity contribution in [3.05, 3.63) is 54.2 Å². The number of carbonyl (C=O) groups excluding carboxylic acids is 1. The largest absolute Gasteiger partial charge is 0.476 e. The standard InChI is InChI=1S/C20H14N4O5/c21-8-7-19(25)22-13-2-4-14(5-3-13)24-16(10-15(23-24)20(26)27)12-1-6-17-18(9-12)29-11-28-17/h1-6,9-10H,7,11H2,(H,22,25)(H,26,27). The summed E-state index contributed by atoms with van der Waals surface area (Å²) in [5.41, 5.74) is 2.28. The molecule has 29 heavy (non-hydrogen) atoms. The zero-order valence-corrected chi connectivity index (χ0v) is 15.0. The molecular weight excluding hydrogens is 376 g/mol. The fourth-order valence-corrected chi connectivity index (χ4v) is 2.91. The molecule has 9 heteroatoms. The molecule has 1 aliphatic rings. The van der Waals surface area contributed by atoms with Gasteiger partial charge in [-0.15, -0.1) is 0 Å². The molecule has 3 aromatic rings. The second-order valence-corrected chi connectivity index (χ2v) is 6.13. The lowest BCUT2D eigenvalue weighted by molar-refractivity contribution is -0.115. The molecule has 0 radical (unpaired) electrons. The zero-order chi connectivity index (χ0) is 20.4. The van der Waals surface area contributed by atoms with Gasteiger partial charge in [-0.3, -0.25) is 4.79 Å². The van der Waals surface area contributed by atoms with E-state index >= 15 is 0 Å². The van der Waals surface area contributed by atoms with Gasteiger partial charge in [-0.2, -0.15) is 10.4 Å². The Balaban J connectivity index is 1.71. The van der Waals surface area contributed by atoms with Gasteiger partial charge in [0.15, 0.2) is 17.2 Å². The van der Waals surface area contributed by atoms with Crippen LogP contribution in [0.15, 0.2) is 48.5 Å². The molecule has 144 valence electrons. The summed E-state index contributed by atoms with van der Waals surface area (Å²) in [5, 5.41) is 24.7. The number of aromatic nitrogens is 2. The topological polar surface area (TPSA) is 126 Å². The molecule has 0 saturated carbocycles. The van der Waals surface area contributed by atoms with Crippen molar-refractivity contribution in [1.29, 1.82) is 5.26 Å². The molecule has 1 amide bonds. The second-order valence-electron chi connectivity index (χ2n) is 6.13. The minimum Gasteiger partial charge on any atom is -0.476 e. The third kappa shape index (κ3) is 3.59. The van der Waals surface area contributed by atoms with E-state index in [2.05, 4.69) is 10.4 Å². The molecular formula is C20H14N4O5. The summed E-state index contributed by atoms with van der Waals surface area (Å²) in [6.45, 7) is 0.136. The first-order valence-electron chi connectivity index (χ1n) is 8.56. The number of benzene rings is 2. The Morgan fingerprint density at radius 2 is 1.90 bits per heavy atom. The number of aromatic carboxylic acids is 1. The van der Waals surface area contributed by atoms with E-state index in [1.807, 2.05) is 0 Å². The summed E-state index contributed by atoms with van der Waals surface area (Å²) in [6, 6.07) is 15.2. The molecule has 2 aromatic carbocycles. The van der Waals surface area contributed by atoms with Crippen LogP contribution in [0.3, 0.4) is 0 Å². The number of nitriles is 1. The quantitative estimate of drug-likeness (QED) is 0.686. The Morgan fingerprint density at radius 3 is 2.62 bits per heavy atom. The smallest absolute Gasteiger partial charge is 0.356 e. The molecule has 0 bridgehead atoms. The van der Waals surface area contributed by atoms with Crippen molar-refractivity contribution >= 4 is 17.6 Å². The van der Waals surface area contributed by atoms with E-state index in [1.165, 1.54) is 10.7 Å². The lowest BCUT2D eigenvalue weighted by atomic mass is 10.1. The van der Waals surface area contributed by atoms with Crippen molar-refractivity contribution in [2.24, 2.45) is 0 Å². The first kappa shape index (κ1) is 18.1. The maximum absolute atomic E-state index is 11.5. The van der Waals surface area contributed by atoms with Gasteiger partial charge in [-0.25, -0.2) is 9.48 Å². The molecule has 1 aromatic heterocycles. The molecule has 0 aliphatic carbocycles. The van der Waals surface area contributed by atoms with Crippen LogP contribution in [-0.4, -0.2) is 33.6 Å². The van der Waals surface area contributed by atoms with Gasteiger partial charge in [0.1, 0.15) is 6.42 Å². The van der Waals surface area contributed by atoms with Gasteiger partial charge in [-0.1, -0.05) is 0 Å². The van der Waals surface area contributed by atoms with Gasteiger partial charge in [-0.05, 0) is 48.5 Å². The number of hydrogen-bond acceptors (Lipinski definition) is 6. The molecule has 9 nitrogen and oxygen atoms in total. The Kier molecular flexibility index (Phi) is 4.58. The molecule has 0 saturated heterocycles. The number of carbonyl (C=O) groups is 2. The van der Waals surface area contributed by atoms with Crippen LogP contribution in [0.4, 0.5) is 5.69 Å². The maximum Gasteiger partial charge on any atom is 0.356 e. The van der Waals surface area contributed by atoms with Crippen molar-refractivity contribution in [2.45, 2.75) is 6.42 Å². The molecule has 0 unspecified atom stereocenters. The fraction of sp³-hybridized carbons (Fsp3) is 0.100. The predicted molar refractivity (Wildman–Crippen MR) is 101 cm³/mol. The van der Waals surface area contributed by atoms with Crippen LogP contribution >= 0.6 is 0 Å². The maximum atomic E-state index is 11.5. The fourth-order valence-electron chi connectivity index (χ4n) is 2.91. The highest BCUT2D eigenvalue weighted by Gasteiger charge is 2.19. The van der Waals surface area contributed by atoms with E-state index in [0.29, 0.717) is 34.1 Å². The van der Waals surface area contributed by atoms with E-state index in [9.17, 15) is 14.7 Å². The van der Waals surface area contributed by atoms with Crippen molar-refractivity contribution in [1.82, 2.24) is 9.78 Å². The number of carboxylic acids is 1. The summed E-state index contributed by atoms with van der Waals surface area (Å²) in [7, 11) is 0. The summed E-state index contributed by atoms with van der Waals surface area (Å²) in [6.07, 6.45) is -0.239. The summed E-state index contributed by atoms with van der Waals surface area (Å²) >= 11 is 0. The number of carboxylic acid groups (broad SMARTS) is 1. The molecule has 0 fully saturated rings. The highest BCUT2D eigenvalue weighted by atomic mass is 16.7. The van der Waals surface area contributed by atoms with Crippen LogP contribution in [0.1, 0.15) is 16.9 Å². The number of rotatable bonds is 5. The minimum absolute atomic E-state index is 0.107. The van der Waals surface area contributed by atoms with Crippen LogP contribution < -0.4 is 14.8 Å². The summed E-state index contributed by atoms with van der Waals surface area (Å²) in [4.78, 5) is 23.0. The van der Waals surface area contributed by atoms with Gasteiger partial charge < -0.3 is 19.9 Å². The first-order chi connectivity index (χ1) is 14.0. The Hall–Kier alpha value is -4.32. The molecule has 1 aliphatic heterocycles. The third-order valence-corrected chi connectivity index (χ3v) is 4.23. The minimum atomic E-state index is -1.15. The highest BCUT2D eigenvalue weighted by molar-refractivity contribution is 5.92. The number of fused-ring (bicyclic) bond motifs is 1. The Labute approximate surface area is 164 Å². The van der Waals surface area contributed by atoms with Crippen LogP contribution in [0.25, 0.3) is 16.9 Å². The highest BCUT2D eigenvalue weighted by Crippen LogP contribution is 2.36. The van der Waals surface area contributed by atoms with E-state index < -0.39 is 11.9 Å². The Morgan fingerprint density at radius 1 is 1.14 bits per heavy atom. The van der Waals surface area contributed by atoms with Gasteiger partial charge in [0.25, 0.3) is 0 Å². The number of nitrogens with one attached hydrogen (secondary N) is 1. The van der Waals surface area contributed by atoms with E-state index in [4.69, 9.17) is 14.7 Å². The average Bonchev–Trinajstić information content (AvgIpc) is 3.35. The Bertz CT molecular complexity index is 1140. The van der Waals surface area contributed by atoms with Crippen LogP contribution in [-0.2, 0) is 4.79 Å². The first-order valence-corrected chi connectivity index (χ1v) is 8.56. The number of amides is 1. The second kappa shape index (κ2) is 7.36. The van der Waals surface area contributed by atoms with E-state index in [0.717, 1.165) is 0 Å². The number of nitrogens with zero attached hydrogens (tertiary/aromatic N) is 3. The number of ether oxygens (including phenoxy) is 2. The van der Waals surface area contributed by atoms with Crippen LogP contribution in [0.5, 0.6) is 11.5 Å². The monoisotopic (exact) mass is 390 g/mol. The normalized spacial score (nSPS) is 11.7. The third-order valence-electron chi connectivity index (χ3n) is 4.23. The van der Waals surface area contributed by atoms with E-state index in [-0.39, 0.29) is 18.9 Å². The SMILES string of the molecule is N#CCC(=O)Nc1ccc(-n2nc(C(=O)O)cc2-c2ccc3c(c2)OCO3)cc1. The van der Waals surface area contributed by atoms with Crippen molar-refractivity contribution in [3.63, 3.8) is 0 Å². The van der Waals surface area contributed by atoms with E-state index in [1.54, 1.807) is 48.5 Å². The molecule has 0 spiro atoms. The van der Waals surface area contributed by atoms with Crippen molar-refractivity contribution < 1.29 is 24.2 Å². The lowest BCUT2D eigenvalue weighted by Crippen LogP contribution is -2.10. The van der Waals surface area contributed by atoms with Crippen LogP contribution in [0.2, 0.25) is 0 Å². The molecule has 4 rings (SSSR count). The van der Waals surface area contributed by atoms with Crippen molar-refractivity contribution in [2.75, 3.05) is 12.1 Å². The molecule has 2 N–H and O–H groups in total. The number of hydrogen-bond donors (Lipinski definition) is 2. The molecule has 0 atom stereocenters.